The molecule has 0 radical (unpaired) electrons. The molecule has 0 bridgehead atoms. The van der Waals surface area contributed by atoms with Crippen LogP contribution in [0.3, 0.4) is 0 Å². The summed E-state index contributed by atoms with van der Waals surface area (Å²) in [6, 6.07) is 7.40. The van der Waals surface area contributed by atoms with E-state index in [1.165, 1.54) is 36.5 Å². The Balaban J connectivity index is 0.000000634. The van der Waals surface area contributed by atoms with Gasteiger partial charge < -0.3 is 9.84 Å². The van der Waals surface area contributed by atoms with Gasteiger partial charge >= 0.3 is 12.8 Å². The van der Waals surface area contributed by atoms with Crippen molar-refractivity contribution in [2.24, 2.45) is 0 Å². The Hall–Kier alpha value is -2.59. The Bertz CT molecular complexity index is 1220. The molecule has 5 rings (SSSR count). The maximum atomic E-state index is 14.0. The van der Waals surface area contributed by atoms with E-state index in [9.17, 15) is 36.6 Å². The Morgan fingerprint density at radius 2 is 1.92 bits per heavy atom. The predicted molar refractivity (Wildman–Crippen MR) is 136 cm³/mol. The number of fused-ring (bicyclic) bond motifs is 1. The third kappa shape index (κ3) is 6.11. The quantitative estimate of drug-likeness (QED) is 0.363. The molecular formula is C24H25F5N2O6S2. The molecule has 0 aliphatic carbocycles. The number of amides is 2. The van der Waals surface area contributed by atoms with Crippen molar-refractivity contribution in [3.63, 3.8) is 0 Å². The second-order valence-corrected chi connectivity index (χ2v) is 12.8. The molecular weight excluding hydrogens is 571 g/mol. The summed E-state index contributed by atoms with van der Waals surface area (Å²) < 4.78 is 78.9. The van der Waals surface area contributed by atoms with E-state index in [4.69, 9.17) is 9.22 Å². The SMILES string of the molecule is C1CCSC1.CS1(NC(=O)c2ccc3c(c2)C(O)(C(F)(F)F)C(=O)N3c2cccc(OC(F)F)c2)CCOO1. The lowest BCUT2D eigenvalue weighted by molar-refractivity contribution is -0.253. The number of nitrogens with zero attached hydrogens (tertiary/aromatic N) is 1. The monoisotopic (exact) mass is 596 g/mol. The number of halogens is 5. The molecule has 3 aliphatic rings. The van der Waals surface area contributed by atoms with Crippen molar-refractivity contribution in [3.8, 4) is 5.75 Å². The number of anilines is 2. The molecule has 15 heteroatoms. The molecule has 2 aromatic rings. The molecule has 0 aromatic heterocycles. The number of benzene rings is 2. The van der Waals surface area contributed by atoms with E-state index < -0.39 is 52.0 Å². The van der Waals surface area contributed by atoms with E-state index in [1.54, 1.807) is 6.26 Å². The highest BCUT2D eigenvalue weighted by molar-refractivity contribution is 8.28. The number of carbonyl (C=O) groups is 2. The van der Waals surface area contributed by atoms with Gasteiger partial charge in [-0.15, -0.1) is 0 Å². The molecule has 39 heavy (non-hydrogen) atoms. The normalized spacial score (nSPS) is 26.1. The van der Waals surface area contributed by atoms with Crippen LogP contribution in [-0.2, 0) is 19.6 Å². The van der Waals surface area contributed by atoms with Crippen LogP contribution in [0.4, 0.5) is 33.3 Å². The van der Waals surface area contributed by atoms with Gasteiger partial charge in [-0.3, -0.25) is 19.2 Å². The lowest BCUT2D eigenvalue weighted by atomic mass is 9.93. The fourth-order valence-corrected chi connectivity index (χ4v) is 6.48. The average molecular weight is 597 g/mol. The van der Waals surface area contributed by atoms with Crippen LogP contribution in [0.5, 0.6) is 5.75 Å². The van der Waals surface area contributed by atoms with E-state index in [0.29, 0.717) is 10.7 Å². The van der Waals surface area contributed by atoms with Gasteiger partial charge in [0, 0.05) is 29.2 Å². The van der Waals surface area contributed by atoms with Gasteiger partial charge in [0.15, 0.2) is 0 Å². The van der Waals surface area contributed by atoms with Crippen LogP contribution in [0.25, 0.3) is 0 Å². The van der Waals surface area contributed by atoms with E-state index in [2.05, 4.69) is 21.2 Å². The topological polar surface area (TPSA) is 97.3 Å². The van der Waals surface area contributed by atoms with Gasteiger partial charge in [0.1, 0.15) is 5.75 Å². The molecule has 8 nitrogen and oxygen atoms in total. The smallest absolute Gasteiger partial charge is 0.430 e. The zero-order valence-corrected chi connectivity index (χ0v) is 22.1. The van der Waals surface area contributed by atoms with Crippen molar-refractivity contribution in [2.45, 2.75) is 31.2 Å². The zero-order chi connectivity index (χ0) is 28.4. The molecule has 2 fully saturated rings. The standard InChI is InChI=1S/C20H17F5N2O6S.C4H8S/c1-34(8-7-31-33-34)26-16(28)11-5-6-15-14(9-11)19(30,20(23,24)25)17(29)27(15)12-3-2-4-13(10-12)32-18(21)22;1-2-4-5-3-1/h2-6,9-10,18,30H,7-8H2,1H3,(H,26,28);1-4H2. The average Bonchev–Trinajstić information content (AvgIpc) is 3.62. The van der Waals surface area contributed by atoms with Gasteiger partial charge in [0.05, 0.1) is 18.0 Å². The van der Waals surface area contributed by atoms with Gasteiger partial charge in [-0.1, -0.05) is 6.07 Å². The first kappa shape index (κ1) is 29.4. The summed E-state index contributed by atoms with van der Waals surface area (Å²) in [6.45, 7) is -2.98. The minimum Gasteiger partial charge on any atom is -0.435 e. The Morgan fingerprint density at radius 1 is 1.21 bits per heavy atom. The number of aliphatic hydroxyl groups is 1. The Morgan fingerprint density at radius 3 is 2.49 bits per heavy atom. The number of hydrogen-bond acceptors (Lipinski definition) is 7. The fraction of sp³-hybridized carbons (Fsp3) is 0.417. The first-order chi connectivity index (χ1) is 18.4. The molecule has 2 aromatic carbocycles. The minimum absolute atomic E-state index is 0.224. The number of hydrogen-bond donors (Lipinski definition) is 2. The van der Waals surface area contributed by atoms with Gasteiger partial charge in [-0.2, -0.15) is 38.0 Å². The lowest BCUT2D eigenvalue weighted by Crippen LogP contribution is -2.49. The minimum atomic E-state index is -5.46. The lowest BCUT2D eigenvalue weighted by Gasteiger charge is -2.27. The van der Waals surface area contributed by atoms with Gasteiger partial charge in [-0.25, -0.2) is 4.89 Å². The Labute approximate surface area is 226 Å². The second-order valence-electron chi connectivity index (χ2n) is 8.81. The van der Waals surface area contributed by atoms with Gasteiger partial charge in [0.25, 0.3) is 17.4 Å². The molecule has 0 saturated carbocycles. The van der Waals surface area contributed by atoms with E-state index >= 15 is 0 Å². The number of ether oxygens (including phenoxy) is 1. The summed E-state index contributed by atoms with van der Waals surface area (Å²) in [5.41, 5.74) is -5.77. The van der Waals surface area contributed by atoms with Crippen LogP contribution >= 0.6 is 22.3 Å². The van der Waals surface area contributed by atoms with Crippen molar-refractivity contribution >= 4 is 45.4 Å². The van der Waals surface area contributed by atoms with Crippen molar-refractivity contribution in [1.82, 2.24) is 4.72 Å². The number of alkyl halides is 5. The highest BCUT2D eigenvalue weighted by Crippen LogP contribution is 2.52. The first-order valence-electron chi connectivity index (χ1n) is 11.7. The summed E-state index contributed by atoms with van der Waals surface area (Å²) in [5.74, 6) is 0.204. The third-order valence-electron chi connectivity index (χ3n) is 6.00. The van der Waals surface area contributed by atoms with Crippen molar-refractivity contribution in [2.75, 3.05) is 35.0 Å². The van der Waals surface area contributed by atoms with Gasteiger partial charge in [-0.05, 0) is 65.2 Å². The van der Waals surface area contributed by atoms with E-state index in [-0.39, 0.29) is 23.5 Å². The van der Waals surface area contributed by atoms with Crippen molar-refractivity contribution in [3.05, 3.63) is 53.6 Å². The largest absolute Gasteiger partial charge is 0.435 e. The molecule has 2 amide bonds. The first-order valence-corrected chi connectivity index (χ1v) is 14.9. The summed E-state index contributed by atoms with van der Waals surface area (Å²) in [7, 11) is -2.16. The Kier molecular flexibility index (Phi) is 8.66. The zero-order valence-electron chi connectivity index (χ0n) is 20.5. The van der Waals surface area contributed by atoms with Gasteiger partial charge in [0.2, 0.25) is 0 Å². The molecule has 2 N–H and O–H groups in total. The number of carbonyl (C=O) groups excluding carboxylic acids is 2. The van der Waals surface area contributed by atoms with Crippen molar-refractivity contribution in [1.29, 1.82) is 0 Å². The van der Waals surface area contributed by atoms with Crippen LogP contribution in [0, 0.1) is 0 Å². The molecule has 2 atom stereocenters. The molecule has 2 saturated heterocycles. The van der Waals surface area contributed by atoms with Crippen LogP contribution in [-0.4, -0.2) is 59.8 Å². The summed E-state index contributed by atoms with van der Waals surface area (Å²) >= 11 is 2.07. The molecule has 214 valence electrons. The number of thioether (sulfide) groups is 1. The predicted octanol–water partition coefficient (Wildman–Crippen LogP) is 5.19. The maximum Gasteiger partial charge on any atom is 0.430 e. The highest BCUT2D eigenvalue weighted by atomic mass is 32.3. The van der Waals surface area contributed by atoms with Crippen LogP contribution < -0.4 is 14.4 Å². The molecule has 0 spiro atoms. The highest BCUT2D eigenvalue weighted by Gasteiger charge is 2.67. The second kappa shape index (κ2) is 11.5. The summed E-state index contributed by atoms with van der Waals surface area (Å²) in [6.07, 6.45) is -0.953. The van der Waals surface area contributed by atoms with Crippen molar-refractivity contribution < 1.29 is 50.6 Å². The fourth-order valence-electron chi connectivity index (χ4n) is 4.08. The molecule has 3 aliphatic heterocycles. The molecule has 2 unspecified atom stereocenters. The van der Waals surface area contributed by atoms with Crippen LogP contribution in [0.15, 0.2) is 42.5 Å². The van der Waals surface area contributed by atoms with E-state index in [0.717, 1.165) is 30.3 Å². The summed E-state index contributed by atoms with van der Waals surface area (Å²) in [5, 5.41) is 10.6. The third-order valence-corrected chi connectivity index (χ3v) is 9.12. The molecule has 3 heterocycles. The van der Waals surface area contributed by atoms with Crippen LogP contribution in [0.2, 0.25) is 0 Å². The summed E-state index contributed by atoms with van der Waals surface area (Å²) in [4.78, 5) is 30.9. The number of rotatable bonds is 5. The maximum absolute atomic E-state index is 14.0. The number of nitrogens with one attached hydrogen (secondary N) is 1. The van der Waals surface area contributed by atoms with Crippen LogP contribution in [0.1, 0.15) is 28.8 Å². The van der Waals surface area contributed by atoms with E-state index in [1.807, 2.05) is 0 Å².